The molecule has 1 aromatic heterocycles. The number of hydrogen-bond donors (Lipinski definition) is 0. The van der Waals surface area contributed by atoms with Crippen LogP contribution in [0, 0.1) is 0 Å². The van der Waals surface area contributed by atoms with Crippen molar-refractivity contribution in [1.82, 2.24) is 9.88 Å². The van der Waals surface area contributed by atoms with E-state index in [0.717, 1.165) is 16.4 Å². The van der Waals surface area contributed by atoms with Crippen LogP contribution in [0.25, 0.3) is 0 Å². The fourth-order valence-corrected chi connectivity index (χ4v) is 2.84. The lowest BCUT2D eigenvalue weighted by molar-refractivity contribution is 0.102. The second-order valence-electron chi connectivity index (χ2n) is 3.76. The van der Waals surface area contributed by atoms with Crippen molar-refractivity contribution < 1.29 is 4.79 Å². The Labute approximate surface area is 87.8 Å². The average Bonchev–Trinajstić information content (AvgIpc) is 2.71. The van der Waals surface area contributed by atoms with Crippen molar-refractivity contribution in [3.05, 3.63) is 16.1 Å². The first kappa shape index (κ1) is 9.80. The molecule has 2 rings (SSSR count). The summed E-state index contributed by atoms with van der Waals surface area (Å²) in [6.07, 6.45) is 4.10. The van der Waals surface area contributed by atoms with Crippen molar-refractivity contribution in [1.29, 1.82) is 0 Å². The summed E-state index contributed by atoms with van der Waals surface area (Å²) in [6.45, 7) is 2.73. The molecule has 0 amide bonds. The number of carbonyl (C=O) groups is 1. The van der Waals surface area contributed by atoms with Gasteiger partial charge >= 0.3 is 0 Å². The maximum atomic E-state index is 11.1. The van der Waals surface area contributed by atoms with Gasteiger partial charge in [0, 0.05) is 13.1 Å². The molecule has 1 aromatic rings. The molecule has 0 saturated carbocycles. The Hall–Kier alpha value is -0.740. The first-order valence-corrected chi connectivity index (χ1v) is 5.67. The molecule has 0 spiro atoms. The fourth-order valence-electron chi connectivity index (χ4n) is 1.83. The van der Waals surface area contributed by atoms with Crippen LogP contribution in [0.2, 0.25) is 0 Å². The van der Waals surface area contributed by atoms with E-state index in [0.29, 0.717) is 6.04 Å². The van der Waals surface area contributed by atoms with Gasteiger partial charge in [-0.3, -0.25) is 9.69 Å². The summed E-state index contributed by atoms with van der Waals surface area (Å²) >= 11 is 1.54. The van der Waals surface area contributed by atoms with Gasteiger partial charge in [-0.2, -0.15) is 0 Å². The van der Waals surface area contributed by atoms with Gasteiger partial charge in [0.2, 0.25) is 0 Å². The molecule has 3 nitrogen and oxygen atoms in total. The van der Waals surface area contributed by atoms with Crippen molar-refractivity contribution in [3.8, 4) is 0 Å². The van der Waals surface area contributed by atoms with E-state index in [-0.39, 0.29) is 5.78 Å². The second-order valence-corrected chi connectivity index (χ2v) is 4.82. The molecule has 0 aromatic carbocycles. The maximum Gasteiger partial charge on any atom is 0.171 e. The number of carbonyl (C=O) groups excluding carboxylic acids is 1. The van der Waals surface area contributed by atoms with E-state index in [2.05, 4.69) is 16.9 Å². The van der Waals surface area contributed by atoms with E-state index in [9.17, 15) is 4.79 Å². The van der Waals surface area contributed by atoms with Crippen molar-refractivity contribution in [2.45, 2.75) is 25.8 Å². The van der Waals surface area contributed by atoms with Gasteiger partial charge in [0.15, 0.2) is 5.78 Å². The molecule has 1 aliphatic rings. The molecule has 0 N–H and O–H groups in total. The SMILES string of the molecule is CC(=O)c1cnc(C2CCCN2C)s1. The lowest BCUT2D eigenvalue weighted by atomic mass is 10.2. The van der Waals surface area contributed by atoms with Gasteiger partial charge in [0.25, 0.3) is 0 Å². The van der Waals surface area contributed by atoms with Gasteiger partial charge in [-0.05, 0) is 26.4 Å². The van der Waals surface area contributed by atoms with E-state index in [1.807, 2.05) is 0 Å². The van der Waals surface area contributed by atoms with Gasteiger partial charge in [-0.1, -0.05) is 0 Å². The van der Waals surface area contributed by atoms with Crippen molar-refractivity contribution in [3.63, 3.8) is 0 Å². The lowest BCUT2D eigenvalue weighted by Gasteiger charge is -2.16. The highest BCUT2D eigenvalue weighted by Crippen LogP contribution is 2.32. The number of Topliss-reactive ketones (excluding diaryl/α,β-unsaturated/α-hetero) is 1. The minimum absolute atomic E-state index is 0.120. The van der Waals surface area contributed by atoms with Crippen molar-refractivity contribution >= 4 is 17.1 Å². The summed E-state index contributed by atoms with van der Waals surface area (Å²) in [4.78, 5) is 18.5. The zero-order chi connectivity index (χ0) is 10.1. The first-order chi connectivity index (χ1) is 6.68. The Bertz CT molecular complexity index is 348. The minimum atomic E-state index is 0.120. The molecule has 1 atom stereocenters. The smallest absolute Gasteiger partial charge is 0.171 e. The summed E-state index contributed by atoms with van der Waals surface area (Å²) < 4.78 is 0. The molecule has 1 fully saturated rings. The topological polar surface area (TPSA) is 33.2 Å². The predicted molar refractivity (Wildman–Crippen MR) is 56.7 cm³/mol. The summed E-state index contributed by atoms with van der Waals surface area (Å²) in [6, 6.07) is 0.438. The highest BCUT2D eigenvalue weighted by atomic mass is 32.1. The third-order valence-corrected chi connectivity index (χ3v) is 3.88. The monoisotopic (exact) mass is 210 g/mol. The number of hydrogen-bond acceptors (Lipinski definition) is 4. The third kappa shape index (κ3) is 1.72. The molecular formula is C10H14N2OS. The van der Waals surface area contributed by atoms with Crippen molar-refractivity contribution in [2.75, 3.05) is 13.6 Å². The Kier molecular flexibility index (Phi) is 2.65. The number of likely N-dealkylation sites (tertiary alicyclic amines) is 1. The maximum absolute atomic E-state index is 11.1. The standard InChI is InChI=1S/C10H14N2OS/c1-7(13)9-6-11-10(14-9)8-4-3-5-12(8)2/h6,8H,3-5H2,1-2H3. The molecule has 1 unspecified atom stereocenters. The highest BCUT2D eigenvalue weighted by molar-refractivity contribution is 7.13. The average molecular weight is 210 g/mol. The van der Waals surface area contributed by atoms with E-state index in [1.165, 1.54) is 24.2 Å². The molecule has 14 heavy (non-hydrogen) atoms. The van der Waals surface area contributed by atoms with Crippen LogP contribution in [0.1, 0.15) is 40.5 Å². The molecule has 1 aliphatic heterocycles. The molecule has 0 radical (unpaired) electrons. The number of ketones is 1. The van der Waals surface area contributed by atoms with Crippen LogP contribution < -0.4 is 0 Å². The Balaban J connectivity index is 2.20. The van der Waals surface area contributed by atoms with E-state index in [1.54, 1.807) is 13.1 Å². The van der Waals surface area contributed by atoms with Crippen LogP contribution in [0.4, 0.5) is 0 Å². The second kappa shape index (κ2) is 3.79. The number of rotatable bonds is 2. The molecule has 76 valence electrons. The number of nitrogens with zero attached hydrogens (tertiary/aromatic N) is 2. The van der Waals surface area contributed by atoms with Gasteiger partial charge in [0.1, 0.15) is 5.01 Å². The molecule has 2 heterocycles. The molecule has 0 aliphatic carbocycles. The summed E-state index contributed by atoms with van der Waals surface area (Å²) in [7, 11) is 2.12. The van der Waals surface area contributed by atoms with Crippen LogP contribution in [-0.2, 0) is 0 Å². The van der Waals surface area contributed by atoms with Gasteiger partial charge < -0.3 is 0 Å². The first-order valence-electron chi connectivity index (χ1n) is 4.85. The third-order valence-electron chi connectivity index (χ3n) is 2.68. The van der Waals surface area contributed by atoms with E-state index in [4.69, 9.17) is 0 Å². The zero-order valence-corrected chi connectivity index (χ0v) is 9.30. The number of thiazole rings is 1. The molecule has 0 bridgehead atoms. The summed E-state index contributed by atoms with van der Waals surface area (Å²) in [5.41, 5.74) is 0. The van der Waals surface area contributed by atoms with Crippen LogP contribution in [-0.4, -0.2) is 29.3 Å². The predicted octanol–water partition coefficient (Wildman–Crippen LogP) is 2.11. The zero-order valence-electron chi connectivity index (χ0n) is 8.49. The largest absolute Gasteiger partial charge is 0.297 e. The quantitative estimate of drug-likeness (QED) is 0.701. The van der Waals surface area contributed by atoms with Gasteiger partial charge in [-0.15, -0.1) is 11.3 Å². The molecule has 4 heteroatoms. The van der Waals surface area contributed by atoms with Crippen LogP contribution in [0.5, 0.6) is 0 Å². The highest BCUT2D eigenvalue weighted by Gasteiger charge is 2.25. The Morgan fingerprint density at radius 2 is 2.50 bits per heavy atom. The van der Waals surface area contributed by atoms with Crippen LogP contribution in [0.3, 0.4) is 0 Å². The van der Waals surface area contributed by atoms with E-state index < -0.39 is 0 Å². The van der Waals surface area contributed by atoms with Crippen molar-refractivity contribution in [2.24, 2.45) is 0 Å². The fraction of sp³-hybridized carbons (Fsp3) is 0.600. The Morgan fingerprint density at radius 1 is 1.71 bits per heavy atom. The van der Waals surface area contributed by atoms with Crippen LogP contribution >= 0.6 is 11.3 Å². The molecular weight excluding hydrogens is 196 g/mol. The van der Waals surface area contributed by atoms with E-state index >= 15 is 0 Å². The molecule has 1 saturated heterocycles. The van der Waals surface area contributed by atoms with Gasteiger partial charge in [0.05, 0.1) is 10.9 Å². The summed E-state index contributed by atoms with van der Waals surface area (Å²) in [5.74, 6) is 0.120. The van der Waals surface area contributed by atoms with Gasteiger partial charge in [-0.25, -0.2) is 4.98 Å². The van der Waals surface area contributed by atoms with Crippen LogP contribution in [0.15, 0.2) is 6.20 Å². The summed E-state index contributed by atoms with van der Waals surface area (Å²) in [5, 5.41) is 1.09. The minimum Gasteiger partial charge on any atom is -0.297 e. The number of aromatic nitrogens is 1. The lowest BCUT2D eigenvalue weighted by Crippen LogP contribution is -2.17. The normalized spacial score (nSPS) is 22.9. The Morgan fingerprint density at radius 3 is 3.00 bits per heavy atom.